The zero-order valence-electron chi connectivity index (χ0n) is 26.6. The number of hydrogen-bond donors (Lipinski definition) is 0. The fourth-order valence-corrected chi connectivity index (χ4v) is 8.66. The average Bonchev–Trinajstić information content (AvgIpc) is 3.63. The van der Waals surface area contributed by atoms with Gasteiger partial charge in [0.25, 0.3) is 0 Å². The molecule has 3 heteroatoms. The van der Waals surface area contributed by atoms with E-state index in [1.807, 2.05) is 30.3 Å². The van der Waals surface area contributed by atoms with Crippen LogP contribution < -0.4 is 10.4 Å². The summed E-state index contributed by atoms with van der Waals surface area (Å²) in [7, 11) is -2.38. The summed E-state index contributed by atoms with van der Waals surface area (Å²) in [6.45, 7) is 18.7. The second kappa shape index (κ2) is 13.8. The molecule has 0 heterocycles. The van der Waals surface area contributed by atoms with Crippen molar-refractivity contribution in [1.29, 1.82) is 0 Å². The van der Waals surface area contributed by atoms with Crippen molar-refractivity contribution in [2.24, 2.45) is 0 Å². The smallest absolute Gasteiger partial charge is 0.0253 e. The molecule has 5 aromatic rings. The molecule has 1 aliphatic carbocycles. The molecule has 0 aliphatic heterocycles. The molecule has 212 valence electrons. The Kier molecular flexibility index (Phi) is 10.6. The predicted octanol–water partition coefficient (Wildman–Crippen LogP) is 8.97. The van der Waals surface area contributed by atoms with Crippen LogP contribution in [0.3, 0.4) is 0 Å². The monoisotopic (exact) mass is 748 g/mol. The maximum atomic E-state index is 3.45. The third kappa shape index (κ3) is 8.49. The summed E-state index contributed by atoms with van der Waals surface area (Å²) < 4.78 is 1.50. The zero-order valence-corrected chi connectivity index (χ0v) is 32.2. The molecule has 0 N–H and O–H groups in total. The molecule has 0 fully saturated rings. The topological polar surface area (TPSA) is 0 Å². The summed E-state index contributed by atoms with van der Waals surface area (Å²) in [5.74, 6) is 0. The third-order valence-electron chi connectivity index (χ3n) is 7.73. The van der Waals surface area contributed by atoms with Crippen molar-refractivity contribution < 1.29 is 23.9 Å². The molecule has 0 saturated carbocycles. The van der Waals surface area contributed by atoms with Gasteiger partial charge in [0.15, 0.2) is 0 Å². The van der Waals surface area contributed by atoms with Gasteiger partial charge in [-0.05, 0) is 18.9 Å². The Morgan fingerprint density at radius 2 is 1.17 bits per heavy atom. The second-order valence-corrected chi connectivity index (χ2v) is 25.3. The van der Waals surface area contributed by atoms with E-state index in [0.29, 0.717) is 0 Å². The Bertz CT molecular complexity index is 1490. The minimum absolute atomic E-state index is 1.05. The maximum absolute atomic E-state index is 3.45. The standard InChI is InChI=1S/C19H26Si2.C15H13.C5H5.Hf/c1-20(2,3)18-11-7-16(8-12-18)15-17-9-13-19(14-10-17)21(4,5)6;1-10-3-5-14-12(7-10)9-13-8-11(2)4-6-15(13)14;1-2-4-5-3-1;/h7-14H,1-6H3;3-7H,9H2,1-2H3;1-5H;/q;2*-1;+2. The van der Waals surface area contributed by atoms with E-state index in [2.05, 4.69) is 138 Å². The van der Waals surface area contributed by atoms with Crippen molar-refractivity contribution in [2.45, 2.75) is 59.6 Å². The quantitative estimate of drug-likeness (QED) is 0.125. The van der Waals surface area contributed by atoms with Crippen LogP contribution >= 0.6 is 0 Å². The van der Waals surface area contributed by atoms with Crippen LogP contribution in [-0.2, 0) is 30.3 Å². The van der Waals surface area contributed by atoms with Crippen LogP contribution in [0.4, 0.5) is 0 Å². The predicted molar refractivity (Wildman–Crippen MR) is 187 cm³/mol. The summed E-state index contributed by atoms with van der Waals surface area (Å²) in [4.78, 5) is 0. The van der Waals surface area contributed by atoms with Crippen LogP contribution in [0.25, 0.3) is 11.1 Å². The average molecular weight is 747 g/mol. The van der Waals surface area contributed by atoms with Gasteiger partial charge < -0.3 is 0 Å². The van der Waals surface area contributed by atoms with Crippen LogP contribution in [0.1, 0.15) is 33.4 Å². The molecule has 0 atom stereocenters. The van der Waals surface area contributed by atoms with Gasteiger partial charge in [-0.2, -0.15) is 42.0 Å². The number of fused-ring (bicyclic) bond motifs is 3. The minimum Gasteiger partial charge on any atom is -0.214 e. The zero-order chi connectivity index (χ0) is 30.5. The second-order valence-electron chi connectivity index (χ2n) is 13.4. The summed E-state index contributed by atoms with van der Waals surface area (Å²) >= 11 is 1.08. The molecule has 0 saturated heterocycles. The molecule has 0 bridgehead atoms. The van der Waals surface area contributed by atoms with Gasteiger partial charge >= 0.3 is 153 Å². The van der Waals surface area contributed by atoms with E-state index < -0.39 is 16.1 Å². The van der Waals surface area contributed by atoms with Crippen molar-refractivity contribution in [3.05, 3.63) is 149 Å². The molecule has 0 nitrogen and oxygen atoms in total. The first kappa shape index (κ1) is 32.3. The number of rotatable bonds is 4. The third-order valence-corrected chi connectivity index (χ3v) is 13.9. The molecule has 0 aromatic heterocycles. The van der Waals surface area contributed by atoms with Crippen LogP contribution in [0.15, 0.2) is 109 Å². The summed E-state index contributed by atoms with van der Waals surface area (Å²) in [6.07, 6.45) is 1.05. The maximum Gasteiger partial charge on any atom is -0.0253 e. The van der Waals surface area contributed by atoms with Gasteiger partial charge in [-0.1, -0.05) is 36.2 Å². The fraction of sp³-hybridized carbons (Fsp3) is 0.231. The Labute approximate surface area is 271 Å². The van der Waals surface area contributed by atoms with Gasteiger partial charge in [-0.3, -0.25) is 0 Å². The van der Waals surface area contributed by atoms with E-state index in [1.54, 1.807) is 10.4 Å². The SMILES string of the molecule is C[Si](C)(C)c1ccc([C](=[Hf+2])c2ccc([Si](C)(C)C)cc2)cc1.Cc1[c-]c2c(cc1)-c1ccc(C)cc1C2.c1cc[cH-]c1. The fourth-order valence-electron chi connectivity index (χ4n) is 5.13. The van der Waals surface area contributed by atoms with Gasteiger partial charge in [0.1, 0.15) is 0 Å². The van der Waals surface area contributed by atoms with Crippen LogP contribution in [0.2, 0.25) is 39.3 Å². The molecule has 0 spiro atoms. The van der Waals surface area contributed by atoms with Crippen molar-refractivity contribution >= 4 is 29.8 Å². The van der Waals surface area contributed by atoms with E-state index in [4.69, 9.17) is 0 Å². The molecule has 5 aromatic carbocycles. The van der Waals surface area contributed by atoms with E-state index in [1.165, 1.54) is 47.8 Å². The van der Waals surface area contributed by atoms with Crippen molar-refractivity contribution in [1.82, 2.24) is 0 Å². The molecular weight excluding hydrogens is 703 g/mol. The van der Waals surface area contributed by atoms with Gasteiger partial charge in [-0.25, -0.2) is 12.1 Å². The molecule has 6 rings (SSSR count). The van der Waals surface area contributed by atoms with E-state index in [-0.39, 0.29) is 0 Å². The van der Waals surface area contributed by atoms with Gasteiger partial charge in [0, 0.05) is 0 Å². The van der Waals surface area contributed by atoms with Gasteiger partial charge in [0.05, 0.1) is 0 Å². The summed E-state index contributed by atoms with van der Waals surface area (Å²) in [5.41, 5.74) is 10.9. The summed E-state index contributed by atoms with van der Waals surface area (Å²) in [5, 5.41) is 3.08. The van der Waals surface area contributed by atoms with E-state index in [0.717, 1.165) is 30.3 Å². The normalized spacial score (nSPS) is 11.9. The molecule has 0 unspecified atom stereocenters. The largest absolute Gasteiger partial charge is 0.214 e. The van der Waals surface area contributed by atoms with Crippen LogP contribution in [0.5, 0.6) is 0 Å². The Balaban J connectivity index is 0.000000172. The van der Waals surface area contributed by atoms with E-state index in [9.17, 15) is 0 Å². The minimum atomic E-state index is -1.19. The Morgan fingerprint density at radius 1 is 0.667 bits per heavy atom. The molecule has 0 amide bonds. The van der Waals surface area contributed by atoms with Gasteiger partial charge in [-0.15, -0.1) is 11.1 Å². The van der Waals surface area contributed by atoms with Crippen LogP contribution in [0, 0.1) is 19.9 Å². The molecular formula is C39H44HfSi2. The molecule has 1 aliphatic rings. The van der Waals surface area contributed by atoms with Crippen molar-refractivity contribution in [3.63, 3.8) is 0 Å². The number of hydrogen-bond acceptors (Lipinski definition) is 0. The Hall–Kier alpha value is -2.60. The number of benzene rings is 4. The number of aryl methyl sites for hydroxylation is 2. The van der Waals surface area contributed by atoms with Crippen LogP contribution in [-0.4, -0.2) is 19.4 Å². The van der Waals surface area contributed by atoms with Gasteiger partial charge in [0.2, 0.25) is 0 Å². The molecule has 42 heavy (non-hydrogen) atoms. The summed E-state index contributed by atoms with van der Waals surface area (Å²) in [6, 6.07) is 43.2. The van der Waals surface area contributed by atoms with Crippen molar-refractivity contribution in [2.75, 3.05) is 0 Å². The molecule has 0 radical (unpaired) electrons. The first-order valence-electron chi connectivity index (χ1n) is 14.9. The van der Waals surface area contributed by atoms with Crippen molar-refractivity contribution in [3.8, 4) is 11.1 Å². The first-order chi connectivity index (χ1) is 19.8. The first-order valence-corrected chi connectivity index (χ1v) is 23.7. The Morgan fingerprint density at radius 3 is 1.62 bits per heavy atom. The van der Waals surface area contributed by atoms with E-state index >= 15 is 0 Å².